The van der Waals surface area contributed by atoms with E-state index < -0.39 is 0 Å². The molecular weight excluding hydrogens is 276 g/mol. The van der Waals surface area contributed by atoms with E-state index in [0.29, 0.717) is 26.2 Å². The maximum absolute atomic E-state index is 12.0. The Hall–Kier alpha value is -2.33. The van der Waals surface area contributed by atoms with Crippen LogP contribution in [0.5, 0.6) is 5.75 Å². The molecule has 0 unspecified atom stereocenters. The second kappa shape index (κ2) is 9.58. The van der Waals surface area contributed by atoms with Gasteiger partial charge in [-0.05, 0) is 36.8 Å². The molecule has 1 amide bonds. The molecule has 0 atom stereocenters. The predicted molar refractivity (Wildman–Crippen MR) is 92.2 cm³/mol. The Balaban J connectivity index is 2.51. The zero-order chi connectivity index (χ0) is 16.4. The summed E-state index contributed by atoms with van der Waals surface area (Å²) in [7, 11) is 0. The van der Waals surface area contributed by atoms with Crippen LogP contribution >= 0.6 is 0 Å². The first-order chi connectivity index (χ1) is 10.5. The molecule has 0 saturated heterocycles. The SMILES string of the molecule is C=CCN(CC=C)CC(=O)Nc1ccc(OCC(=C)C)cc1. The first-order valence-corrected chi connectivity index (χ1v) is 7.16. The van der Waals surface area contributed by atoms with Crippen LogP contribution in [0.25, 0.3) is 0 Å². The van der Waals surface area contributed by atoms with Gasteiger partial charge in [-0.15, -0.1) is 13.2 Å². The van der Waals surface area contributed by atoms with E-state index in [2.05, 4.69) is 25.1 Å². The van der Waals surface area contributed by atoms with Crippen molar-refractivity contribution >= 4 is 11.6 Å². The van der Waals surface area contributed by atoms with Crippen molar-refractivity contribution in [2.24, 2.45) is 0 Å². The summed E-state index contributed by atoms with van der Waals surface area (Å²) < 4.78 is 5.51. The molecule has 0 radical (unpaired) electrons. The van der Waals surface area contributed by atoms with Crippen molar-refractivity contribution < 1.29 is 9.53 Å². The molecule has 0 fully saturated rings. The smallest absolute Gasteiger partial charge is 0.238 e. The highest BCUT2D eigenvalue weighted by Gasteiger charge is 2.08. The number of hydrogen-bond acceptors (Lipinski definition) is 3. The highest BCUT2D eigenvalue weighted by atomic mass is 16.5. The van der Waals surface area contributed by atoms with E-state index in [1.807, 2.05) is 36.1 Å². The van der Waals surface area contributed by atoms with Crippen molar-refractivity contribution in [1.29, 1.82) is 0 Å². The quantitative estimate of drug-likeness (QED) is 0.674. The number of benzene rings is 1. The summed E-state index contributed by atoms with van der Waals surface area (Å²) in [5.41, 5.74) is 1.70. The van der Waals surface area contributed by atoms with Crippen molar-refractivity contribution in [3.8, 4) is 5.75 Å². The third-order valence-electron chi connectivity index (χ3n) is 2.77. The molecule has 1 rings (SSSR count). The first kappa shape index (κ1) is 17.7. The molecule has 0 aliphatic carbocycles. The van der Waals surface area contributed by atoms with Crippen LogP contribution in [0.15, 0.2) is 61.7 Å². The summed E-state index contributed by atoms with van der Waals surface area (Å²) in [5.74, 6) is 0.681. The number of nitrogens with zero attached hydrogens (tertiary/aromatic N) is 1. The van der Waals surface area contributed by atoms with Gasteiger partial charge in [0.2, 0.25) is 5.91 Å². The number of amides is 1. The number of carbonyl (C=O) groups excluding carboxylic acids is 1. The van der Waals surface area contributed by atoms with Gasteiger partial charge in [-0.25, -0.2) is 0 Å². The molecule has 1 N–H and O–H groups in total. The van der Waals surface area contributed by atoms with E-state index in [4.69, 9.17) is 4.74 Å². The lowest BCUT2D eigenvalue weighted by Crippen LogP contribution is -2.33. The second-order valence-electron chi connectivity index (χ2n) is 5.09. The Bertz CT molecular complexity index is 510. The maximum atomic E-state index is 12.0. The molecule has 118 valence electrons. The fourth-order valence-corrected chi connectivity index (χ4v) is 1.81. The van der Waals surface area contributed by atoms with Crippen LogP contribution in [-0.2, 0) is 4.79 Å². The summed E-state index contributed by atoms with van der Waals surface area (Å²) in [5, 5.41) is 2.86. The average Bonchev–Trinajstić information content (AvgIpc) is 2.47. The standard InChI is InChI=1S/C18H24N2O2/c1-5-11-20(12-6-2)13-18(21)19-16-7-9-17(10-8-16)22-14-15(3)4/h5-10H,1-3,11-14H2,4H3,(H,19,21). The van der Waals surface area contributed by atoms with Gasteiger partial charge in [0.25, 0.3) is 0 Å². The van der Waals surface area contributed by atoms with Gasteiger partial charge in [0.1, 0.15) is 12.4 Å². The van der Waals surface area contributed by atoms with Crippen LogP contribution in [0.3, 0.4) is 0 Å². The van der Waals surface area contributed by atoms with E-state index in [0.717, 1.165) is 17.0 Å². The Labute approximate surface area is 132 Å². The number of rotatable bonds is 10. The van der Waals surface area contributed by atoms with Gasteiger partial charge in [-0.1, -0.05) is 18.7 Å². The van der Waals surface area contributed by atoms with Crippen molar-refractivity contribution in [1.82, 2.24) is 4.90 Å². The number of ether oxygens (including phenoxy) is 1. The molecule has 0 heterocycles. The van der Waals surface area contributed by atoms with Crippen molar-refractivity contribution in [2.75, 3.05) is 31.6 Å². The zero-order valence-corrected chi connectivity index (χ0v) is 13.2. The minimum Gasteiger partial charge on any atom is -0.489 e. The van der Waals surface area contributed by atoms with E-state index in [1.165, 1.54) is 0 Å². The summed E-state index contributed by atoms with van der Waals surface area (Å²) in [6, 6.07) is 7.28. The summed E-state index contributed by atoms with van der Waals surface area (Å²) in [6.45, 7) is 15.1. The summed E-state index contributed by atoms with van der Waals surface area (Å²) >= 11 is 0. The van der Waals surface area contributed by atoms with Crippen molar-refractivity contribution in [3.05, 3.63) is 61.7 Å². The third-order valence-corrected chi connectivity index (χ3v) is 2.77. The fourth-order valence-electron chi connectivity index (χ4n) is 1.81. The van der Waals surface area contributed by atoms with Gasteiger partial charge in [0.15, 0.2) is 0 Å². The van der Waals surface area contributed by atoms with E-state index in [-0.39, 0.29) is 5.91 Å². The molecule has 0 aliphatic heterocycles. The number of anilines is 1. The topological polar surface area (TPSA) is 41.6 Å². The lowest BCUT2D eigenvalue weighted by atomic mass is 10.3. The molecule has 0 bridgehead atoms. The van der Waals surface area contributed by atoms with Crippen molar-refractivity contribution in [3.63, 3.8) is 0 Å². The minimum atomic E-state index is -0.0701. The Morgan fingerprint density at radius 3 is 2.32 bits per heavy atom. The van der Waals surface area contributed by atoms with Gasteiger partial charge >= 0.3 is 0 Å². The van der Waals surface area contributed by atoms with Gasteiger partial charge < -0.3 is 10.1 Å². The van der Waals surface area contributed by atoms with E-state index >= 15 is 0 Å². The average molecular weight is 300 g/mol. The first-order valence-electron chi connectivity index (χ1n) is 7.16. The third kappa shape index (κ3) is 6.90. The van der Waals surface area contributed by atoms with E-state index in [1.54, 1.807) is 12.2 Å². The Kier molecular flexibility index (Phi) is 7.72. The molecular formula is C18H24N2O2. The lowest BCUT2D eigenvalue weighted by molar-refractivity contribution is -0.117. The van der Waals surface area contributed by atoms with Crippen LogP contribution in [0, 0.1) is 0 Å². The van der Waals surface area contributed by atoms with Crippen LogP contribution < -0.4 is 10.1 Å². The fraction of sp³-hybridized carbons (Fsp3) is 0.278. The van der Waals surface area contributed by atoms with Crippen molar-refractivity contribution in [2.45, 2.75) is 6.92 Å². The van der Waals surface area contributed by atoms with Gasteiger partial charge in [0, 0.05) is 18.8 Å². The monoisotopic (exact) mass is 300 g/mol. The number of nitrogens with one attached hydrogen (secondary N) is 1. The predicted octanol–water partition coefficient (Wildman–Crippen LogP) is 3.25. The zero-order valence-electron chi connectivity index (χ0n) is 13.2. The second-order valence-corrected chi connectivity index (χ2v) is 5.09. The number of hydrogen-bond donors (Lipinski definition) is 1. The van der Waals surface area contributed by atoms with Crippen LogP contribution in [-0.4, -0.2) is 37.0 Å². The maximum Gasteiger partial charge on any atom is 0.238 e. The summed E-state index contributed by atoms with van der Waals surface area (Å²) in [6.07, 6.45) is 3.54. The van der Waals surface area contributed by atoms with Gasteiger partial charge in [-0.2, -0.15) is 0 Å². The van der Waals surface area contributed by atoms with E-state index in [9.17, 15) is 4.79 Å². The number of carbonyl (C=O) groups is 1. The molecule has 4 nitrogen and oxygen atoms in total. The van der Waals surface area contributed by atoms with Crippen LogP contribution in [0.4, 0.5) is 5.69 Å². The van der Waals surface area contributed by atoms with Gasteiger partial charge in [0.05, 0.1) is 6.54 Å². The molecule has 0 aliphatic rings. The Morgan fingerprint density at radius 2 is 1.82 bits per heavy atom. The molecule has 1 aromatic carbocycles. The van der Waals surface area contributed by atoms with Crippen LogP contribution in [0.1, 0.15) is 6.92 Å². The lowest BCUT2D eigenvalue weighted by Gasteiger charge is -2.18. The minimum absolute atomic E-state index is 0.0701. The highest BCUT2D eigenvalue weighted by molar-refractivity contribution is 5.92. The molecule has 0 aromatic heterocycles. The molecule has 4 heteroatoms. The van der Waals surface area contributed by atoms with Gasteiger partial charge in [-0.3, -0.25) is 9.69 Å². The molecule has 1 aromatic rings. The molecule has 0 spiro atoms. The normalized spacial score (nSPS) is 10.1. The largest absolute Gasteiger partial charge is 0.489 e. The highest BCUT2D eigenvalue weighted by Crippen LogP contribution is 2.16. The molecule has 22 heavy (non-hydrogen) atoms. The molecule has 0 saturated carbocycles. The van der Waals surface area contributed by atoms with Crippen LogP contribution in [0.2, 0.25) is 0 Å². The Morgan fingerprint density at radius 1 is 1.23 bits per heavy atom. The summed E-state index contributed by atoms with van der Waals surface area (Å²) in [4.78, 5) is 14.0.